The summed E-state index contributed by atoms with van der Waals surface area (Å²) in [6, 6.07) is 5.94. The van der Waals surface area contributed by atoms with Gasteiger partial charge in [-0.1, -0.05) is 6.07 Å². The number of hydrogen-bond donors (Lipinski definition) is 2. The molecule has 0 unspecified atom stereocenters. The van der Waals surface area contributed by atoms with Crippen molar-refractivity contribution in [3.8, 4) is 5.75 Å². The predicted molar refractivity (Wildman–Crippen MR) is 47.4 cm³/mol. The van der Waals surface area contributed by atoms with Gasteiger partial charge in [-0.2, -0.15) is 0 Å². The van der Waals surface area contributed by atoms with Crippen molar-refractivity contribution in [3.05, 3.63) is 29.8 Å². The highest BCUT2D eigenvalue weighted by Crippen LogP contribution is 2.12. The van der Waals surface area contributed by atoms with Gasteiger partial charge in [-0.3, -0.25) is 4.79 Å². The molecule has 5 heteroatoms. The first kappa shape index (κ1) is 9.02. The SMILES string of the molecule is NN(Br)C(=O)c1cccc(O)c1. The van der Waals surface area contributed by atoms with Gasteiger partial charge in [0, 0.05) is 5.56 Å². The Hall–Kier alpha value is -1.07. The highest BCUT2D eigenvalue weighted by Gasteiger charge is 2.09. The van der Waals surface area contributed by atoms with Gasteiger partial charge >= 0.3 is 0 Å². The van der Waals surface area contributed by atoms with Crippen molar-refractivity contribution >= 4 is 22.1 Å². The van der Waals surface area contributed by atoms with E-state index < -0.39 is 5.91 Å². The van der Waals surface area contributed by atoms with E-state index in [1.807, 2.05) is 0 Å². The first-order valence-corrected chi connectivity index (χ1v) is 3.86. The summed E-state index contributed by atoms with van der Waals surface area (Å²) in [6.45, 7) is 0. The molecular weight excluding hydrogens is 224 g/mol. The molecular formula is C7H7BrN2O2. The van der Waals surface area contributed by atoms with Crippen molar-refractivity contribution in [2.24, 2.45) is 5.84 Å². The number of halogens is 1. The summed E-state index contributed by atoms with van der Waals surface area (Å²) in [6.07, 6.45) is 0. The summed E-state index contributed by atoms with van der Waals surface area (Å²) >= 11 is 2.78. The van der Waals surface area contributed by atoms with Crippen molar-refractivity contribution in [2.45, 2.75) is 0 Å². The summed E-state index contributed by atoms with van der Waals surface area (Å²) in [5, 5.41) is 9.02. The molecule has 4 nitrogen and oxygen atoms in total. The minimum absolute atomic E-state index is 0.0372. The molecule has 0 aromatic heterocycles. The van der Waals surface area contributed by atoms with E-state index in [9.17, 15) is 4.79 Å². The number of amides is 1. The summed E-state index contributed by atoms with van der Waals surface area (Å²) in [5.74, 6) is 4.76. The quantitative estimate of drug-likeness (QED) is 0.328. The first-order chi connectivity index (χ1) is 5.61. The van der Waals surface area contributed by atoms with Crippen LogP contribution in [0.4, 0.5) is 0 Å². The van der Waals surface area contributed by atoms with E-state index in [0.717, 1.165) is 4.03 Å². The molecule has 0 heterocycles. The van der Waals surface area contributed by atoms with Crippen LogP contribution in [0.5, 0.6) is 5.75 Å². The zero-order valence-corrected chi connectivity index (χ0v) is 7.65. The Balaban J connectivity index is 2.96. The van der Waals surface area contributed by atoms with Crippen LogP contribution in [-0.4, -0.2) is 15.0 Å². The van der Waals surface area contributed by atoms with E-state index >= 15 is 0 Å². The van der Waals surface area contributed by atoms with Crippen LogP contribution in [-0.2, 0) is 0 Å². The van der Waals surface area contributed by atoms with Gasteiger partial charge in [-0.05, 0) is 18.2 Å². The lowest BCUT2D eigenvalue weighted by Crippen LogP contribution is -2.27. The van der Waals surface area contributed by atoms with Crippen LogP contribution in [0.15, 0.2) is 24.3 Å². The lowest BCUT2D eigenvalue weighted by atomic mass is 10.2. The van der Waals surface area contributed by atoms with E-state index in [4.69, 9.17) is 10.9 Å². The normalized spacial score (nSPS) is 9.50. The van der Waals surface area contributed by atoms with Gasteiger partial charge < -0.3 is 5.11 Å². The molecule has 12 heavy (non-hydrogen) atoms. The number of phenols is 1. The van der Waals surface area contributed by atoms with Crippen molar-refractivity contribution in [1.82, 2.24) is 4.03 Å². The van der Waals surface area contributed by atoms with Gasteiger partial charge in [-0.15, -0.1) is 0 Å². The maximum absolute atomic E-state index is 11.1. The number of benzene rings is 1. The average molecular weight is 231 g/mol. The predicted octanol–water partition coefficient (Wildman–Crippen LogP) is 1.02. The lowest BCUT2D eigenvalue weighted by molar-refractivity contribution is 0.0878. The molecule has 0 radical (unpaired) electrons. The smallest absolute Gasteiger partial charge is 0.278 e. The minimum atomic E-state index is -0.411. The fourth-order valence-corrected chi connectivity index (χ4v) is 0.967. The number of carbonyl (C=O) groups is 1. The molecule has 1 aromatic carbocycles. The van der Waals surface area contributed by atoms with E-state index in [1.165, 1.54) is 12.1 Å². The van der Waals surface area contributed by atoms with E-state index in [2.05, 4.69) is 16.1 Å². The van der Waals surface area contributed by atoms with Crippen LogP contribution in [0.2, 0.25) is 0 Å². The molecule has 0 saturated heterocycles. The highest BCUT2D eigenvalue weighted by molar-refractivity contribution is 9.07. The van der Waals surface area contributed by atoms with Gasteiger partial charge in [0.05, 0.1) is 16.1 Å². The van der Waals surface area contributed by atoms with Gasteiger partial charge in [0.25, 0.3) is 5.91 Å². The van der Waals surface area contributed by atoms with Crippen LogP contribution in [0.25, 0.3) is 0 Å². The molecule has 0 aliphatic carbocycles. The standard InChI is InChI=1S/C7H7BrN2O2/c8-10(9)7(12)5-2-1-3-6(11)4-5/h1-4,11H,9H2. The van der Waals surface area contributed by atoms with Crippen LogP contribution < -0.4 is 5.84 Å². The fraction of sp³-hybridized carbons (Fsp3) is 0. The van der Waals surface area contributed by atoms with Gasteiger partial charge in [0.15, 0.2) is 0 Å². The topological polar surface area (TPSA) is 66.6 Å². The molecule has 0 aliphatic heterocycles. The number of nitrogens with two attached hydrogens (primary N) is 1. The third-order valence-electron chi connectivity index (χ3n) is 1.29. The van der Waals surface area contributed by atoms with E-state index in [1.54, 1.807) is 12.1 Å². The zero-order chi connectivity index (χ0) is 9.14. The third-order valence-corrected chi connectivity index (χ3v) is 1.61. The van der Waals surface area contributed by atoms with Crippen molar-refractivity contribution in [2.75, 3.05) is 0 Å². The number of phenolic OH excluding ortho intramolecular Hbond substituents is 1. The second-order valence-electron chi connectivity index (χ2n) is 2.17. The fourth-order valence-electron chi connectivity index (χ4n) is 0.762. The highest BCUT2D eigenvalue weighted by atomic mass is 79.9. The molecule has 64 valence electrons. The Kier molecular flexibility index (Phi) is 2.67. The number of nitrogens with zero attached hydrogens (tertiary/aromatic N) is 1. The second kappa shape index (κ2) is 3.55. The molecule has 0 saturated carbocycles. The van der Waals surface area contributed by atoms with Crippen LogP contribution in [0, 0.1) is 0 Å². The van der Waals surface area contributed by atoms with Crippen molar-refractivity contribution in [1.29, 1.82) is 0 Å². The molecule has 3 N–H and O–H groups in total. The maximum Gasteiger partial charge on any atom is 0.278 e. The largest absolute Gasteiger partial charge is 0.508 e. The Bertz CT molecular complexity index is 301. The molecule has 0 fully saturated rings. The Morgan fingerprint density at radius 3 is 2.75 bits per heavy atom. The number of aromatic hydroxyl groups is 1. The van der Waals surface area contributed by atoms with Crippen molar-refractivity contribution in [3.63, 3.8) is 0 Å². The van der Waals surface area contributed by atoms with Crippen LogP contribution in [0.3, 0.4) is 0 Å². The molecule has 1 rings (SSSR count). The summed E-state index contributed by atoms with van der Waals surface area (Å²) in [4.78, 5) is 11.1. The Morgan fingerprint density at radius 2 is 2.25 bits per heavy atom. The molecule has 0 atom stereocenters. The first-order valence-electron chi connectivity index (χ1n) is 3.15. The van der Waals surface area contributed by atoms with Crippen molar-refractivity contribution < 1.29 is 9.90 Å². The van der Waals surface area contributed by atoms with Crippen LogP contribution >= 0.6 is 16.1 Å². The second-order valence-corrected chi connectivity index (χ2v) is 2.93. The molecule has 1 aromatic rings. The van der Waals surface area contributed by atoms with Gasteiger partial charge in [-0.25, -0.2) is 9.88 Å². The van der Waals surface area contributed by atoms with E-state index in [0.29, 0.717) is 5.56 Å². The number of hydrazine groups is 1. The molecule has 0 spiro atoms. The number of hydrogen-bond acceptors (Lipinski definition) is 3. The van der Waals surface area contributed by atoms with Gasteiger partial charge in [0.1, 0.15) is 5.75 Å². The number of rotatable bonds is 1. The van der Waals surface area contributed by atoms with Crippen LogP contribution in [0.1, 0.15) is 10.4 Å². The minimum Gasteiger partial charge on any atom is -0.508 e. The number of carbonyl (C=O) groups excluding carboxylic acids is 1. The summed E-state index contributed by atoms with van der Waals surface area (Å²) in [7, 11) is 0. The monoisotopic (exact) mass is 230 g/mol. The maximum atomic E-state index is 11.1. The molecule has 0 aliphatic rings. The average Bonchev–Trinajstić information content (AvgIpc) is 2.03. The zero-order valence-electron chi connectivity index (χ0n) is 6.07. The third kappa shape index (κ3) is 1.96. The van der Waals surface area contributed by atoms with Gasteiger partial charge in [0.2, 0.25) is 0 Å². The summed E-state index contributed by atoms with van der Waals surface area (Å²) < 4.78 is 0.780. The molecule has 0 bridgehead atoms. The lowest BCUT2D eigenvalue weighted by Gasteiger charge is -2.06. The Labute approximate surface area is 77.9 Å². The Morgan fingerprint density at radius 1 is 1.58 bits per heavy atom. The summed E-state index contributed by atoms with van der Waals surface area (Å²) in [5.41, 5.74) is 0.328. The molecule has 1 amide bonds. The van der Waals surface area contributed by atoms with E-state index in [-0.39, 0.29) is 5.75 Å².